The molecule has 9 nitrogen and oxygen atoms in total. The first-order valence-electron chi connectivity index (χ1n) is 20.6. The zero-order chi connectivity index (χ0) is 39.1. The Balaban J connectivity index is 1.17. The second kappa shape index (κ2) is 24.6. The van der Waals surface area contributed by atoms with Gasteiger partial charge in [-0.3, -0.25) is 4.79 Å². The van der Waals surface area contributed by atoms with Gasteiger partial charge in [-0.25, -0.2) is 9.59 Å². The van der Waals surface area contributed by atoms with E-state index in [1.165, 1.54) is 70.6 Å². The third-order valence-electron chi connectivity index (χ3n) is 9.73. The SMILES string of the molecule is CCCCCCCCCCCCOC(=O)c1ccc(-c2noc(-c3ccc(-c4ccc(C(=O)OC[C@H](C)C(=O)OCCCCCCCC)cc4)cc3)n2)cc1. The summed E-state index contributed by atoms with van der Waals surface area (Å²) < 4.78 is 21.8. The van der Waals surface area contributed by atoms with E-state index in [-0.39, 0.29) is 18.5 Å². The van der Waals surface area contributed by atoms with E-state index in [0.717, 1.165) is 54.4 Å². The zero-order valence-electron chi connectivity index (χ0n) is 33.2. The Morgan fingerprint density at radius 2 is 0.945 bits per heavy atom. The van der Waals surface area contributed by atoms with E-state index in [1.807, 2.05) is 36.4 Å². The maximum absolute atomic E-state index is 12.6. The molecule has 1 atom stereocenters. The van der Waals surface area contributed by atoms with Crippen LogP contribution in [0.5, 0.6) is 0 Å². The molecule has 0 saturated carbocycles. The molecule has 4 aromatic rings. The molecule has 0 radical (unpaired) electrons. The molecule has 0 N–H and O–H groups in total. The number of ether oxygens (including phenoxy) is 3. The summed E-state index contributed by atoms with van der Waals surface area (Å²) >= 11 is 0. The number of esters is 3. The highest BCUT2D eigenvalue weighted by molar-refractivity contribution is 5.90. The van der Waals surface area contributed by atoms with Gasteiger partial charge in [0.05, 0.1) is 30.3 Å². The minimum Gasteiger partial charge on any atom is -0.465 e. The van der Waals surface area contributed by atoms with Gasteiger partial charge in [0.2, 0.25) is 5.82 Å². The Bertz CT molecular complexity index is 1700. The minimum absolute atomic E-state index is 0.0335. The predicted molar refractivity (Wildman–Crippen MR) is 217 cm³/mol. The van der Waals surface area contributed by atoms with Crippen molar-refractivity contribution in [2.75, 3.05) is 19.8 Å². The molecule has 0 fully saturated rings. The van der Waals surface area contributed by atoms with E-state index in [4.69, 9.17) is 18.7 Å². The quantitative estimate of drug-likeness (QED) is 0.0351. The predicted octanol–water partition coefficient (Wildman–Crippen LogP) is 11.8. The number of carbonyl (C=O) groups excluding carboxylic acids is 3. The van der Waals surface area contributed by atoms with Crippen molar-refractivity contribution in [3.05, 3.63) is 83.9 Å². The van der Waals surface area contributed by atoms with E-state index in [9.17, 15) is 14.4 Å². The normalized spacial score (nSPS) is 11.6. The second-order valence-electron chi connectivity index (χ2n) is 14.4. The lowest BCUT2D eigenvalue weighted by Gasteiger charge is -2.12. The number of unbranched alkanes of at least 4 members (excludes halogenated alkanes) is 14. The summed E-state index contributed by atoms with van der Waals surface area (Å²) in [6.07, 6.45) is 19.1. The molecule has 0 amide bonds. The lowest BCUT2D eigenvalue weighted by atomic mass is 10.0. The first-order valence-corrected chi connectivity index (χ1v) is 20.6. The van der Waals surface area contributed by atoms with Crippen LogP contribution in [-0.4, -0.2) is 47.9 Å². The van der Waals surface area contributed by atoms with Gasteiger partial charge >= 0.3 is 17.9 Å². The summed E-state index contributed by atoms with van der Waals surface area (Å²) in [4.78, 5) is 42.0. The van der Waals surface area contributed by atoms with E-state index < -0.39 is 11.9 Å². The molecule has 3 aromatic carbocycles. The molecule has 1 aromatic heterocycles. The van der Waals surface area contributed by atoms with Crippen molar-refractivity contribution in [2.45, 2.75) is 124 Å². The highest BCUT2D eigenvalue weighted by atomic mass is 16.6. The molecule has 0 spiro atoms. The summed E-state index contributed by atoms with van der Waals surface area (Å²) in [5, 5.41) is 4.15. The summed E-state index contributed by atoms with van der Waals surface area (Å²) in [7, 11) is 0. The van der Waals surface area contributed by atoms with Gasteiger partial charge in [0, 0.05) is 11.1 Å². The maximum atomic E-state index is 12.6. The van der Waals surface area contributed by atoms with Crippen LogP contribution < -0.4 is 0 Å². The Hall–Kier alpha value is -4.79. The Morgan fingerprint density at radius 3 is 1.47 bits per heavy atom. The molecule has 0 aliphatic carbocycles. The Kier molecular flexibility index (Phi) is 19.2. The summed E-state index contributed by atoms with van der Waals surface area (Å²) in [5.41, 5.74) is 4.25. The molecule has 0 saturated heterocycles. The number of benzene rings is 3. The Morgan fingerprint density at radius 1 is 0.527 bits per heavy atom. The molecule has 0 unspecified atom stereocenters. The highest BCUT2D eigenvalue weighted by Crippen LogP contribution is 2.27. The second-order valence-corrected chi connectivity index (χ2v) is 14.4. The molecule has 0 bridgehead atoms. The van der Waals surface area contributed by atoms with Crippen LogP contribution in [0.4, 0.5) is 0 Å². The maximum Gasteiger partial charge on any atom is 0.338 e. The fraction of sp³-hybridized carbons (Fsp3) is 0.500. The number of hydrogen-bond donors (Lipinski definition) is 0. The van der Waals surface area contributed by atoms with Crippen molar-refractivity contribution < 1.29 is 33.1 Å². The van der Waals surface area contributed by atoms with Crippen molar-refractivity contribution in [3.63, 3.8) is 0 Å². The van der Waals surface area contributed by atoms with E-state index >= 15 is 0 Å². The zero-order valence-corrected chi connectivity index (χ0v) is 33.2. The average molecular weight is 753 g/mol. The number of hydrogen-bond acceptors (Lipinski definition) is 9. The van der Waals surface area contributed by atoms with E-state index in [0.29, 0.717) is 36.1 Å². The van der Waals surface area contributed by atoms with Crippen LogP contribution in [0.1, 0.15) is 144 Å². The van der Waals surface area contributed by atoms with Crippen LogP contribution in [0.3, 0.4) is 0 Å². The first-order chi connectivity index (χ1) is 26.9. The van der Waals surface area contributed by atoms with E-state index in [1.54, 1.807) is 43.3 Å². The lowest BCUT2D eigenvalue weighted by Crippen LogP contribution is -2.22. The van der Waals surface area contributed by atoms with E-state index in [2.05, 4.69) is 24.0 Å². The third kappa shape index (κ3) is 15.1. The molecule has 4 rings (SSSR count). The molecule has 55 heavy (non-hydrogen) atoms. The van der Waals surface area contributed by atoms with Crippen LogP contribution in [0.25, 0.3) is 34.0 Å². The van der Waals surface area contributed by atoms with Crippen LogP contribution in [0.15, 0.2) is 77.3 Å². The van der Waals surface area contributed by atoms with Crippen LogP contribution in [-0.2, 0) is 19.0 Å². The van der Waals surface area contributed by atoms with Crippen LogP contribution >= 0.6 is 0 Å². The van der Waals surface area contributed by atoms with Gasteiger partial charge < -0.3 is 18.7 Å². The van der Waals surface area contributed by atoms with Gasteiger partial charge in [-0.1, -0.05) is 145 Å². The van der Waals surface area contributed by atoms with Gasteiger partial charge in [-0.2, -0.15) is 4.98 Å². The average Bonchev–Trinajstić information content (AvgIpc) is 3.72. The molecule has 1 heterocycles. The van der Waals surface area contributed by atoms with Crippen molar-refractivity contribution in [2.24, 2.45) is 5.92 Å². The van der Waals surface area contributed by atoms with Crippen LogP contribution in [0, 0.1) is 5.92 Å². The van der Waals surface area contributed by atoms with Crippen LogP contribution in [0.2, 0.25) is 0 Å². The molecule has 0 aliphatic heterocycles. The summed E-state index contributed by atoms with van der Waals surface area (Å²) in [6, 6.07) is 21.8. The number of rotatable bonds is 26. The van der Waals surface area contributed by atoms with Crippen molar-refractivity contribution >= 4 is 17.9 Å². The fourth-order valence-corrected chi connectivity index (χ4v) is 6.20. The van der Waals surface area contributed by atoms with Gasteiger partial charge in [-0.15, -0.1) is 0 Å². The van der Waals surface area contributed by atoms with Crippen molar-refractivity contribution in [3.8, 4) is 34.0 Å². The summed E-state index contributed by atoms with van der Waals surface area (Å²) in [6.45, 7) is 6.93. The van der Waals surface area contributed by atoms with Gasteiger partial charge in [0.15, 0.2) is 0 Å². The monoisotopic (exact) mass is 752 g/mol. The number of aromatic nitrogens is 2. The number of carbonyl (C=O) groups is 3. The molecular weight excluding hydrogens is 693 g/mol. The minimum atomic E-state index is -0.531. The molecule has 296 valence electrons. The van der Waals surface area contributed by atoms with Gasteiger partial charge in [-0.05, 0) is 67.3 Å². The first kappa shape index (κ1) is 42.9. The van der Waals surface area contributed by atoms with Gasteiger partial charge in [0.25, 0.3) is 5.89 Å². The van der Waals surface area contributed by atoms with Crippen molar-refractivity contribution in [1.82, 2.24) is 10.1 Å². The largest absolute Gasteiger partial charge is 0.465 e. The standard InChI is InChI=1S/C46H60N2O7/c1-4-6-8-10-12-13-14-15-17-19-33-53-45(50)40-30-24-38(25-31-40)42-47-43(55-48-42)39-26-20-36(21-27-39)37-22-28-41(29-23-37)46(51)54-34-35(3)44(49)52-32-18-16-11-9-7-5-2/h20-31,35H,4-19,32-34H2,1-3H3/t35-/m0/s1. The number of nitrogens with zero attached hydrogens (tertiary/aromatic N) is 2. The van der Waals surface area contributed by atoms with Gasteiger partial charge in [0.1, 0.15) is 6.61 Å². The summed E-state index contributed by atoms with van der Waals surface area (Å²) in [5.74, 6) is -0.894. The lowest BCUT2D eigenvalue weighted by molar-refractivity contribution is -0.149. The van der Waals surface area contributed by atoms with Crippen molar-refractivity contribution in [1.29, 1.82) is 0 Å². The topological polar surface area (TPSA) is 118 Å². The fourth-order valence-electron chi connectivity index (χ4n) is 6.20. The molecule has 0 aliphatic rings. The molecular formula is C46H60N2O7. The third-order valence-corrected chi connectivity index (χ3v) is 9.73. The smallest absolute Gasteiger partial charge is 0.338 e. The molecule has 9 heteroatoms. The highest BCUT2D eigenvalue weighted by Gasteiger charge is 2.18. The Labute approximate surface area is 327 Å².